The maximum absolute atomic E-state index is 5.95. The van der Waals surface area contributed by atoms with Crippen molar-refractivity contribution in [1.29, 1.82) is 0 Å². The van der Waals surface area contributed by atoms with E-state index in [0.29, 0.717) is 21.6 Å². The van der Waals surface area contributed by atoms with E-state index in [1.165, 1.54) is 0 Å². The van der Waals surface area contributed by atoms with Crippen molar-refractivity contribution in [3.05, 3.63) is 34.3 Å². The maximum atomic E-state index is 5.95. The quantitative estimate of drug-likeness (QED) is 0.879. The monoisotopic (exact) mass is 268 g/mol. The molecule has 1 heterocycles. The summed E-state index contributed by atoms with van der Waals surface area (Å²) in [6.07, 6.45) is 0. The van der Waals surface area contributed by atoms with E-state index in [-0.39, 0.29) is 5.95 Å². The molecule has 0 bridgehead atoms. The normalized spacial score (nSPS) is 10.3. The van der Waals surface area contributed by atoms with Crippen LogP contribution in [0, 0.1) is 0 Å². The number of aromatic nitrogens is 2. The number of nitrogens with zero attached hydrogens (tertiary/aromatic N) is 2. The van der Waals surface area contributed by atoms with Gasteiger partial charge in [-0.15, -0.1) is 0 Å². The Labute approximate surface area is 109 Å². The highest BCUT2D eigenvalue weighted by Gasteiger charge is 2.06. The second-order valence-corrected chi connectivity index (χ2v) is 4.19. The van der Waals surface area contributed by atoms with Gasteiger partial charge in [0.05, 0.1) is 15.7 Å². The van der Waals surface area contributed by atoms with Crippen molar-refractivity contribution in [3.63, 3.8) is 0 Å². The highest BCUT2D eigenvalue weighted by Crippen LogP contribution is 2.28. The van der Waals surface area contributed by atoms with Crippen LogP contribution in [0.25, 0.3) is 11.3 Å². The lowest BCUT2D eigenvalue weighted by Crippen LogP contribution is -2.01. The summed E-state index contributed by atoms with van der Waals surface area (Å²) in [5, 5.41) is 3.90. The molecule has 0 spiro atoms. The molecule has 0 radical (unpaired) electrons. The molecule has 0 saturated heterocycles. The minimum atomic E-state index is 0.206. The first-order valence-corrected chi connectivity index (χ1v) is 5.63. The van der Waals surface area contributed by atoms with Crippen molar-refractivity contribution < 1.29 is 0 Å². The van der Waals surface area contributed by atoms with Crippen molar-refractivity contribution >= 4 is 35.0 Å². The molecule has 0 atom stereocenters. The van der Waals surface area contributed by atoms with Gasteiger partial charge in [0.15, 0.2) is 0 Å². The largest absolute Gasteiger partial charge is 0.373 e. The molecule has 4 nitrogen and oxygen atoms in total. The number of halogens is 2. The number of nitrogens with one attached hydrogen (secondary N) is 1. The fourth-order valence-corrected chi connectivity index (χ4v) is 1.70. The van der Waals surface area contributed by atoms with Crippen molar-refractivity contribution in [2.24, 2.45) is 0 Å². The summed E-state index contributed by atoms with van der Waals surface area (Å²) >= 11 is 11.8. The summed E-state index contributed by atoms with van der Waals surface area (Å²) in [4.78, 5) is 8.16. The van der Waals surface area contributed by atoms with Gasteiger partial charge < -0.3 is 11.1 Å². The minimum absolute atomic E-state index is 0.206. The van der Waals surface area contributed by atoms with Gasteiger partial charge >= 0.3 is 0 Å². The first-order valence-electron chi connectivity index (χ1n) is 4.88. The first kappa shape index (κ1) is 12.0. The van der Waals surface area contributed by atoms with Crippen molar-refractivity contribution in [2.75, 3.05) is 18.1 Å². The predicted octanol–water partition coefficient (Wildman–Crippen LogP) is 3.07. The molecule has 0 saturated carbocycles. The number of nitrogen functional groups attached to an aromatic ring is 1. The van der Waals surface area contributed by atoms with E-state index in [4.69, 9.17) is 28.9 Å². The number of hydrogen-bond acceptors (Lipinski definition) is 4. The Hall–Kier alpha value is -1.52. The van der Waals surface area contributed by atoms with Crippen LogP contribution in [0.2, 0.25) is 10.0 Å². The first-order chi connectivity index (χ1) is 8.10. The Morgan fingerprint density at radius 3 is 2.53 bits per heavy atom. The van der Waals surface area contributed by atoms with Crippen LogP contribution in [0.3, 0.4) is 0 Å². The lowest BCUT2D eigenvalue weighted by atomic mass is 10.1. The van der Waals surface area contributed by atoms with Gasteiger partial charge in [0.1, 0.15) is 5.82 Å². The van der Waals surface area contributed by atoms with E-state index < -0.39 is 0 Å². The Kier molecular flexibility index (Phi) is 3.36. The molecule has 0 aliphatic heterocycles. The van der Waals surface area contributed by atoms with Gasteiger partial charge in [0, 0.05) is 18.7 Å². The van der Waals surface area contributed by atoms with Crippen LogP contribution < -0.4 is 11.1 Å². The van der Waals surface area contributed by atoms with E-state index >= 15 is 0 Å². The zero-order valence-corrected chi connectivity index (χ0v) is 10.5. The molecule has 0 amide bonds. The molecule has 88 valence electrons. The van der Waals surface area contributed by atoms with E-state index in [9.17, 15) is 0 Å². The number of anilines is 2. The van der Waals surface area contributed by atoms with Gasteiger partial charge in [-0.2, -0.15) is 4.98 Å². The summed E-state index contributed by atoms with van der Waals surface area (Å²) in [6, 6.07) is 7.08. The van der Waals surface area contributed by atoms with Crippen LogP contribution in [-0.4, -0.2) is 17.0 Å². The number of nitrogens with two attached hydrogens (primary N) is 1. The van der Waals surface area contributed by atoms with Crippen LogP contribution in [0.4, 0.5) is 11.8 Å². The van der Waals surface area contributed by atoms with Crippen molar-refractivity contribution in [3.8, 4) is 11.3 Å². The SMILES string of the molecule is CNc1cc(-c2ccc(Cl)c(Cl)c2)nc(N)n1. The minimum Gasteiger partial charge on any atom is -0.373 e. The van der Waals surface area contributed by atoms with Gasteiger partial charge in [-0.05, 0) is 12.1 Å². The molecule has 1 aromatic heterocycles. The molecule has 0 unspecified atom stereocenters. The standard InChI is InChI=1S/C11H10Cl2N4/c1-15-10-5-9(16-11(14)17-10)6-2-3-7(12)8(13)4-6/h2-5H,1H3,(H3,14,15,16,17). The van der Waals surface area contributed by atoms with Crippen LogP contribution in [0.1, 0.15) is 0 Å². The topological polar surface area (TPSA) is 63.8 Å². The van der Waals surface area contributed by atoms with Crippen molar-refractivity contribution in [1.82, 2.24) is 9.97 Å². The Balaban J connectivity index is 2.52. The van der Waals surface area contributed by atoms with Gasteiger partial charge in [0.25, 0.3) is 0 Å². The molecule has 1 aromatic carbocycles. The summed E-state index contributed by atoms with van der Waals surface area (Å²) < 4.78 is 0. The van der Waals surface area contributed by atoms with E-state index in [0.717, 1.165) is 5.56 Å². The molecule has 2 aromatic rings. The number of benzene rings is 1. The summed E-state index contributed by atoms with van der Waals surface area (Å²) in [5.41, 5.74) is 7.15. The third-order valence-electron chi connectivity index (χ3n) is 2.21. The van der Waals surface area contributed by atoms with E-state index in [2.05, 4.69) is 15.3 Å². The summed E-state index contributed by atoms with van der Waals surface area (Å²) in [6.45, 7) is 0. The van der Waals surface area contributed by atoms with Crippen LogP contribution in [-0.2, 0) is 0 Å². The number of rotatable bonds is 2. The lowest BCUT2D eigenvalue weighted by Gasteiger charge is -2.06. The average molecular weight is 269 g/mol. The maximum Gasteiger partial charge on any atom is 0.222 e. The Morgan fingerprint density at radius 2 is 1.88 bits per heavy atom. The zero-order valence-electron chi connectivity index (χ0n) is 9.04. The highest BCUT2D eigenvalue weighted by atomic mass is 35.5. The van der Waals surface area contributed by atoms with Crippen LogP contribution >= 0.6 is 23.2 Å². The number of hydrogen-bond donors (Lipinski definition) is 2. The van der Waals surface area contributed by atoms with E-state index in [1.807, 2.05) is 6.07 Å². The molecule has 0 aliphatic rings. The van der Waals surface area contributed by atoms with Gasteiger partial charge in [0.2, 0.25) is 5.95 Å². The molecular formula is C11H10Cl2N4. The third-order valence-corrected chi connectivity index (χ3v) is 2.95. The third kappa shape index (κ3) is 2.60. The van der Waals surface area contributed by atoms with Gasteiger partial charge in [-0.25, -0.2) is 4.98 Å². The fourth-order valence-electron chi connectivity index (χ4n) is 1.40. The van der Waals surface area contributed by atoms with Crippen LogP contribution in [0.5, 0.6) is 0 Å². The van der Waals surface area contributed by atoms with Gasteiger partial charge in [-0.3, -0.25) is 0 Å². The molecular weight excluding hydrogens is 259 g/mol. The average Bonchev–Trinajstić information content (AvgIpc) is 2.32. The second-order valence-electron chi connectivity index (χ2n) is 3.38. The molecule has 2 rings (SSSR count). The second kappa shape index (κ2) is 4.77. The van der Waals surface area contributed by atoms with E-state index in [1.54, 1.807) is 25.2 Å². The molecule has 17 heavy (non-hydrogen) atoms. The Morgan fingerprint density at radius 1 is 1.12 bits per heavy atom. The molecule has 0 aliphatic carbocycles. The zero-order chi connectivity index (χ0) is 12.4. The highest BCUT2D eigenvalue weighted by molar-refractivity contribution is 6.42. The lowest BCUT2D eigenvalue weighted by molar-refractivity contribution is 1.18. The molecule has 3 N–H and O–H groups in total. The summed E-state index contributed by atoms with van der Waals surface area (Å²) in [7, 11) is 1.76. The Bertz CT molecular complexity index is 557. The molecule has 0 fully saturated rings. The fraction of sp³-hybridized carbons (Fsp3) is 0.0909. The van der Waals surface area contributed by atoms with Crippen LogP contribution in [0.15, 0.2) is 24.3 Å². The van der Waals surface area contributed by atoms with Gasteiger partial charge in [-0.1, -0.05) is 29.3 Å². The summed E-state index contributed by atoms with van der Waals surface area (Å²) in [5.74, 6) is 0.858. The smallest absolute Gasteiger partial charge is 0.222 e. The predicted molar refractivity (Wildman–Crippen MR) is 71.4 cm³/mol. The van der Waals surface area contributed by atoms with Crippen molar-refractivity contribution in [2.45, 2.75) is 0 Å². The molecule has 6 heteroatoms.